The van der Waals surface area contributed by atoms with E-state index in [1.54, 1.807) is 0 Å². The molecule has 0 aromatic carbocycles. The van der Waals surface area contributed by atoms with Crippen LogP contribution in [0, 0.1) is 5.92 Å². The SMILES string of the molecule is O=C1CC[C@H]2CCC[C@@H]1C(=O)O2. The predicted octanol–water partition coefficient (Wildman–Crippen LogP) is 1.06. The molecular weight excluding hydrogens is 156 g/mol. The third-order valence-corrected chi connectivity index (χ3v) is 2.69. The van der Waals surface area contributed by atoms with E-state index in [0.29, 0.717) is 12.8 Å². The third-order valence-electron chi connectivity index (χ3n) is 2.69. The number of Topliss-reactive ketones (excluding diaryl/α,β-unsaturated/α-hetero) is 1. The number of rotatable bonds is 0. The van der Waals surface area contributed by atoms with E-state index >= 15 is 0 Å². The highest BCUT2D eigenvalue weighted by atomic mass is 16.5. The molecule has 2 aliphatic rings. The van der Waals surface area contributed by atoms with Gasteiger partial charge in [0.05, 0.1) is 0 Å². The van der Waals surface area contributed by atoms with Crippen molar-refractivity contribution < 1.29 is 14.3 Å². The van der Waals surface area contributed by atoms with E-state index in [4.69, 9.17) is 4.74 Å². The molecule has 0 saturated carbocycles. The van der Waals surface area contributed by atoms with Gasteiger partial charge in [0.1, 0.15) is 17.8 Å². The van der Waals surface area contributed by atoms with Crippen molar-refractivity contribution in [3.8, 4) is 0 Å². The first-order chi connectivity index (χ1) is 5.77. The predicted molar refractivity (Wildman–Crippen MR) is 41.5 cm³/mol. The molecule has 0 N–H and O–H groups in total. The maximum atomic E-state index is 11.3. The average Bonchev–Trinajstić information content (AvgIpc) is 2.26. The molecule has 0 aliphatic carbocycles. The standard InChI is InChI=1S/C9H12O3/c10-8-5-4-6-2-1-3-7(8)9(11)12-6/h6-7H,1-5H2/t6-,7+/m1/s1. The van der Waals surface area contributed by atoms with Crippen LogP contribution in [0.4, 0.5) is 0 Å². The Labute approximate surface area is 71.1 Å². The summed E-state index contributed by atoms with van der Waals surface area (Å²) >= 11 is 0. The quantitative estimate of drug-likeness (QED) is 0.401. The fraction of sp³-hybridized carbons (Fsp3) is 0.778. The van der Waals surface area contributed by atoms with Crippen LogP contribution < -0.4 is 0 Å². The highest BCUT2D eigenvalue weighted by Crippen LogP contribution is 2.28. The van der Waals surface area contributed by atoms with Crippen LogP contribution in [-0.4, -0.2) is 17.9 Å². The number of ether oxygens (including phenoxy) is 1. The largest absolute Gasteiger partial charge is 0.462 e. The molecule has 12 heavy (non-hydrogen) atoms. The van der Waals surface area contributed by atoms with Crippen LogP contribution in [-0.2, 0) is 14.3 Å². The highest BCUT2D eigenvalue weighted by Gasteiger charge is 2.36. The van der Waals surface area contributed by atoms with E-state index in [1.807, 2.05) is 0 Å². The normalized spacial score (nSPS) is 35.7. The molecule has 2 aliphatic heterocycles. The van der Waals surface area contributed by atoms with E-state index in [2.05, 4.69) is 0 Å². The van der Waals surface area contributed by atoms with Crippen molar-refractivity contribution in [3.63, 3.8) is 0 Å². The Morgan fingerprint density at radius 2 is 2.00 bits per heavy atom. The maximum absolute atomic E-state index is 11.3. The van der Waals surface area contributed by atoms with Gasteiger partial charge in [-0.1, -0.05) is 0 Å². The molecule has 0 aromatic heterocycles. The number of carbonyl (C=O) groups is 2. The second-order valence-electron chi connectivity index (χ2n) is 3.55. The lowest BCUT2D eigenvalue weighted by Gasteiger charge is -2.11. The summed E-state index contributed by atoms with van der Waals surface area (Å²) in [5.74, 6) is -0.625. The monoisotopic (exact) mass is 168 g/mol. The number of esters is 1. The summed E-state index contributed by atoms with van der Waals surface area (Å²) in [4.78, 5) is 22.6. The first-order valence-electron chi connectivity index (χ1n) is 4.50. The van der Waals surface area contributed by atoms with Gasteiger partial charge in [-0.25, -0.2) is 0 Å². The zero-order valence-electron chi connectivity index (χ0n) is 6.91. The molecule has 3 nitrogen and oxygen atoms in total. The molecule has 0 radical (unpaired) electrons. The van der Waals surface area contributed by atoms with Gasteiger partial charge in [-0.3, -0.25) is 9.59 Å². The Bertz CT molecular complexity index is 222. The molecule has 0 spiro atoms. The lowest BCUT2D eigenvalue weighted by atomic mass is 9.91. The smallest absolute Gasteiger partial charge is 0.316 e. The van der Waals surface area contributed by atoms with Gasteiger partial charge in [-0.15, -0.1) is 0 Å². The summed E-state index contributed by atoms with van der Waals surface area (Å²) in [6.07, 6.45) is 3.88. The number of fused-ring (bicyclic) bond motifs is 3. The molecule has 2 atom stereocenters. The molecule has 0 amide bonds. The number of hydrogen-bond donors (Lipinski definition) is 0. The Hall–Kier alpha value is -0.860. The lowest BCUT2D eigenvalue weighted by molar-refractivity contribution is -0.152. The minimum atomic E-state index is -0.433. The fourth-order valence-corrected chi connectivity index (χ4v) is 1.95. The van der Waals surface area contributed by atoms with Crippen molar-refractivity contribution in [2.45, 2.75) is 38.2 Å². The Kier molecular flexibility index (Phi) is 1.87. The Morgan fingerprint density at radius 3 is 2.83 bits per heavy atom. The van der Waals surface area contributed by atoms with Crippen molar-refractivity contribution in [1.29, 1.82) is 0 Å². The van der Waals surface area contributed by atoms with Crippen molar-refractivity contribution in [1.82, 2.24) is 0 Å². The molecule has 2 bridgehead atoms. The fourth-order valence-electron chi connectivity index (χ4n) is 1.95. The molecule has 2 rings (SSSR count). The molecule has 2 heterocycles. The van der Waals surface area contributed by atoms with E-state index in [9.17, 15) is 9.59 Å². The van der Waals surface area contributed by atoms with E-state index in [1.165, 1.54) is 0 Å². The average molecular weight is 168 g/mol. The van der Waals surface area contributed by atoms with Gasteiger partial charge in [0, 0.05) is 6.42 Å². The van der Waals surface area contributed by atoms with Gasteiger partial charge in [0.2, 0.25) is 0 Å². The van der Waals surface area contributed by atoms with Gasteiger partial charge in [-0.05, 0) is 25.7 Å². The second-order valence-corrected chi connectivity index (χ2v) is 3.55. The molecule has 2 fully saturated rings. The zero-order chi connectivity index (χ0) is 8.55. The van der Waals surface area contributed by atoms with Crippen molar-refractivity contribution in [2.24, 2.45) is 5.92 Å². The van der Waals surface area contributed by atoms with Crippen molar-refractivity contribution in [3.05, 3.63) is 0 Å². The van der Waals surface area contributed by atoms with Crippen LogP contribution in [0.1, 0.15) is 32.1 Å². The summed E-state index contributed by atoms with van der Waals surface area (Å²) in [7, 11) is 0. The molecular formula is C9H12O3. The first-order valence-corrected chi connectivity index (χ1v) is 4.50. The van der Waals surface area contributed by atoms with Crippen molar-refractivity contribution >= 4 is 11.8 Å². The summed E-state index contributed by atoms with van der Waals surface area (Å²) in [5.41, 5.74) is 0. The number of ketones is 1. The van der Waals surface area contributed by atoms with Crippen LogP contribution in [0.5, 0.6) is 0 Å². The number of carbonyl (C=O) groups excluding carboxylic acids is 2. The minimum absolute atomic E-state index is 0.0222. The summed E-state index contributed by atoms with van der Waals surface area (Å²) in [5, 5.41) is 0. The molecule has 0 aromatic rings. The highest BCUT2D eigenvalue weighted by molar-refractivity contribution is 5.99. The molecule has 66 valence electrons. The molecule has 2 saturated heterocycles. The van der Waals surface area contributed by atoms with Crippen LogP contribution in [0.25, 0.3) is 0 Å². The van der Waals surface area contributed by atoms with Crippen LogP contribution >= 0.6 is 0 Å². The summed E-state index contributed by atoms with van der Waals surface area (Å²) in [6, 6.07) is 0. The summed E-state index contributed by atoms with van der Waals surface area (Å²) < 4.78 is 5.15. The van der Waals surface area contributed by atoms with E-state index in [-0.39, 0.29) is 17.9 Å². The molecule has 0 unspecified atom stereocenters. The van der Waals surface area contributed by atoms with Gasteiger partial charge >= 0.3 is 5.97 Å². The topological polar surface area (TPSA) is 43.4 Å². The van der Waals surface area contributed by atoms with Crippen LogP contribution in [0.15, 0.2) is 0 Å². The van der Waals surface area contributed by atoms with Crippen molar-refractivity contribution in [2.75, 3.05) is 0 Å². The Balaban J connectivity index is 2.24. The first kappa shape index (κ1) is 7.77. The Morgan fingerprint density at radius 1 is 1.17 bits per heavy atom. The van der Waals surface area contributed by atoms with E-state index in [0.717, 1.165) is 19.3 Å². The summed E-state index contributed by atoms with van der Waals surface area (Å²) in [6.45, 7) is 0. The van der Waals surface area contributed by atoms with Gasteiger partial charge in [0.25, 0.3) is 0 Å². The zero-order valence-corrected chi connectivity index (χ0v) is 6.91. The van der Waals surface area contributed by atoms with Gasteiger partial charge in [0.15, 0.2) is 0 Å². The van der Waals surface area contributed by atoms with Crippen LogP contribution in [0.3, 0.4) is 0 Å². The maximum Gasteiger partial charge on any atom is 0.316 e. The third kappa shape index (κ3) is 1.24. The van der Waals surface area contributed by atoms with Gasteiger partial charge < -0.3 is 4.74 Å². The minimum Gasteiger partial charge on any atom is -0.462 e. The lowest BCUT2D eigenvalue weighted by Crippen LogP contribution is -2.22. The second kappa shape index (κ2) is 2.88. The van der Waals surface area contributed by atoms with Gasteiger partial charge in [-0.2, -0.15) is 0 Å². The van der Waals surface area contributed by atoms with Crippen LogP contribution in [0.2, 0.25) is 0 Å². The molecule has 3 heteroatoms. The van der Waals surface area contributed by atoms with E-state index < -0.39 is 5.92 Å². The number of hydrogen-bond acceptors (Lipinski definition) is 3.